The summed E-state index contributed by atoms with van der Waals surface area (Å²) in [4.78, 5) is 0. The Morgan fingerprint density at radius 3 is 1.41 bits per heavy atom. The first-order valence-corrected chi connectivity index (χ1v) is 8.24. The van der Waals surface area contributed by atoms with Gasteiger partial charge in [-0.3, -0.25) is 0 Å². The first kappa shape index (κ1) is 10.9. The highest BCUT2D eigenvalue weighted by molar-refractivity contribution is 5.00. The molecule has 0 radical (unpaired) electrons. The smallest absolute Gasteiger partial charge is 0.0354 e. The lowest BCUT2D eigenvalue weighted by Crippen LogP contribution is -2.28. The van der Waals surface area contributed by atoms with Gasteiger partial charge in [0.2, 0.25) is 0 Å². The van der Waals surface area contributed by atoms with E-state index >= 15 is 0 Å². The Labute approximate surface area is 107 Å². The maximum atomic E-state index is 2.58. The third-order valence-electron chi connectivity index (χ3n) is 7.62. The van der Waals surface area contributed by atoms with Gasteiger partial charge < -0.3 is 0 Å². The lowest BCUT2D eigenvalue weighted by atomic mass is 9.70. The van der Waals surface area contributed by atoms with Gasteiger partial charge in [-0.1, -0.05) is 13.8 Å². The van der Waals surface area contributed by atoms with Crippen molar-refractivity contribution in [2.24, 2.45) is 47.3 Å². The summed E-state index contributed by atoms with van der Waals surface area (Å²) in [5, 5.41) is 0. The summed E-state index contributed by atoms with van der Waals surface area (Å²) in [7, 11) is 0. The highest BCUT2D eigenvalue weighted by atomic mass is 14.6. The van der Waals surface area contributed by atoms with Gasteiger partial charge in [-0.2, -0.15) is 0 Å². The zero-order valence-electron chi connectivity index (χ0n) is 11.6. The Morgan fingerprint density at radius 2 is 1.06 bits per heavy atom. The fourth-order valence-corrected chi connectivity index (χ4v) is 6.52. The molecule has 0 aromatic heterocycles. The molecule has 0 aliphatic heterocycles. The van der Waals surface area contributed by atoms with Crippen LogP contribution in [-0.2, 0) is 0 Å². The first-order valence-electron chi connectivity index (χ1n) is 8.24. The summed E-state index contributed by atoms with van der Waals surface area (Å²) in [5.74, 6) is 8.92. The Morgan fingerprint density at radius 1 is 0.647 bits per heavy atom. The Kier molecular flexibility index (Phi) is 2.40. The second-order valence-electron chi connectivity index (χ2n) is 7.95. The quantitative estimate of drug-likeness (QED) is 0.645. The van der Waals surface area contributed by atoms with Gasteiger partial charge in [-0.05, 0) is 92.3 Å². The van der Waals surface area contributed by atoms with Crippen LogP contribution >= 0.6 is 0 Å². The summed E-state index contributed by atoms with van der Waals surface area (Å²) in [6.45, 7) is 5.15. The molecule has 0 amide bonds. The third kappa shape index (κ3) is 1.48. The van der Waals surface area contributed by atoms with E-state index in [4.69, 9.17) is 0 Å². The van der Waals surface area contributed by atoms with Crippen LogP contribution < -0.4 is 0 Å². The van der Waals surface area contributed by atoms with Crippen molar-refractivity contribution in [1.82, 2.24) is 0 Å². The molecular weight excluding hydrogens is 204 g/mol. The number of hydrogen-bond acceptors (Lipinski definition) is 0. The second-order valence-corrected chi connectivity index (χ2v) is 7.95. The van der Waals surface area contributed by atoms with Crippen LogP contribution in [-0.4, -0.2) is 0 Å². The minimum absolute atomic E-state index is 1.07. The number of fused-ring (bicyclic) bond motifs is 4. The highest BCUT2D eigenvalue weighted by Crippen LogP contribution is 2.59. The van der Waals surface area contributed by atoms with E-state index in [0.29, 0.717) is 0 Å². The van der Waals surface area contributed by atoms with Crippen molar-refractivity contribution in [3.8, 4) is 0 Å². The molecule has 4 aliphatic carbocycles. The van der Waals surface area contributed by atoms with Crippen LogP contribution in [0, 0.1) is 47.3 Å². The van der Waals surface area contributed by atoms with Crippen molar-refractivity contribution >= 4 is 0 Å². The molecule has 4 rings (SSSR count). The molecule has 8 unspecified atom stereocenters. The van der Waals surface area contributed by atoms with E-state index < -0.39 is 0 Å². The summed E-state index contributed by atoms with van der Waals surface area (Å²) >= 11 is 0. The fraction of sp³-hybridized carbons (Fsp3) is 1.00. The van der Waals surface area contributed by atoms with Gasteiger partial charge in [0.1, 0.15) is 0 Å². The van der Waals surface area contributed by atoms with Crippen LogP contribution in [0.4, 0.5) is 0 Å². The largest absolute Gasteiger partial charge is 0.0620 e. The molecule has 4 aliphatic rings. The van der Waals surface area contributed by atoms with Crippen molar-refractivity contribution in [3.63, 3.8) is 0 Å². The third-order valence-corrected chi connectivity index (χ3v) is 7.62. The molecule has 0 heteroatoms. The number of rotatable bonds is 2. The lowest BCUT2D eigenvalue weighted by molar-refractivity contribution is 0.137. The lowest BCUT2D eigenvalue weighted by Gasteiger charge is -2.36. The molecule has 0 nitrogen and oxygen atoms in total. The van der Waals surface area contributed by atoms with Crippen molar-refractivity contribution in [3.05, 3.63) is 0 Å². The maximum Gasteiger partial charge on any atom is -0.0354 e. The molecule has 0 heterocycles. The predicted octanol–water partition coefficient (Wildman–Crippen LogP) is 4.74. The van der Waals surface area contributed by atoms with Gasteiger partial charge in [0.05, 0.1) is 0 Å². The monoisotopic (exact) mass is 232 g/mol. The molecule has 0 spiro atoms. The van der Waals surface area contributed by atoms with Crippen molar-refractivity contribution in [1.29, 1.82) is 0 Å². The molecule has 4 bridgehead atoms. The van der Waals surface area contributed by atoms with E-state index in [9.17, 15) is 0 Å². The second kappa shape index (κ2) is 3.75. The van der Waals surface area contributed by atoms with E-state index in [1.165, 1.54) is 0 Å². The molecule has 4 saturated carbocycles. The normalized spacial score (nSPS) is 60.4. The van der Waals surface area contributed by atoms with Crippen LogP contribution in [0.3, 0.4) is 0 Å². The van der Waals surface area contributed by atoms with Crippen molar-refractivity contribution in [2.45, 2.75) is 58.8 Å². The van der Waals surface area contributed by atoms with Crippen LogP contribution in [0.2, 0.25) is 0 Å². The standard InChI is InChI=1S/C17H28/c1-10-12-3-5-14(7-12)16(10)9-17-11(2)13-4-6-15(17)8-13/h10-17H,3-9H2,1-2H3. The summed E-state index contributed by atoms with van der Waals surface area (Å²) in [5.41, 5.74) is 0. The predicted molar refractivity (Wildman–Crippen MR) is 71.6 cm³/mol. The molecule has 4 fully saturated rings. The maximum absolute atomic E-state index is 2.58. The van der Waals surface area contributed by atoms with E-state index in [2.05, 4.69) is 13.8 Å². The van der Waals surface area contributed by atoms with Crippen molar-refractivity contribution in [2.75, 3.05) is 0 Å². The SMILES string of the molecule is CC1C2CCC(C2)C1CC1C2CCC(C2)C1C. The molecule has 0 aromatic carbocycles. The summed E-state index contributed by atoms with van der Waals surface area (Å²) in [6.07, 6.45) is 11.1. The molecule has 0 aromatic rings. The van der Waals surface area contributed by atoms with Gasteiger partial charge in [0.25, 0.3) is 0 Å². The molecular formula is C17H28. The zero-order chi connectivity index (χ0) is 11.6. The molecule has 0 N–H and O–H groups in total. The van der Waals surface area contributed by atoms with E-state index in [1.54, 1.807) is 44.9 Å². The summed E-state index contributed by atoms with van der Waals surface area (Å²) in [6, 6.07) is 0. The molecule has 17 heavy (non-hydrogen) atoms. The van der Waals surface area contributed by atoms with E-state index in [1.807, 2.05) is 0 Å². The van der Waals surface area contributed by atoms with Gasteiger partial charge in [0, 0.05) is 0 Å². The minimum atomic E-state index is 1.07. The minimum Gasteiger partial charge on any atom is -0.0620 e. The zero-order valence-corrected chi connectivity index (χ0v) is 11.6. The van der Waals surface area contributed by atoms with E-state index in [0.717, 1.165) is 47.3 Å². The Balaban J connectivity index is 1.47. The first-order chi connectivity index (χ1) is 8.24. The van der Waals surface area contributed by atoms with Gasteiger partial charge in [0.15, 0.2) is 0 Å². The number of hydrogen-bond donors (Lipinski definition) is 0. The van der Waals surface area contributed by atoms with Gasteiger partial charge >= 0.3 is 0 Å². The average molecular weight is 232 g/mol. The topological polar surface area (TPSA) is 0 Å². The van der Waals surface area contributed by atoms with Crippen molar-refractivity contribution < 1.29 is 0 Å². The van der Waals surface area contributed by atoms with Crippen LogP contribution in [0.25, 0.3) is 0 Å². The average Bonchev–Trinajstić information content (AvgIpc) is 3.05. The highest BCUT2D eigenvalue weighted by Gasteiger charge is 2.50. The van der Waals surface area contributed by atoms with Gasteiger partial charge in [-0.15, -0.1) is 0 Å². The Bertz CT molecular complexity index is 273. The van der Waals surface area contributed by atoms with Crippen LogP contribution in [0.5, 0.6) is 0 Å². The molecule has 8 atom stereocenters. The van der Waals surface area contributed by atoms with Gasteiger partial charge in [-0.25, -0.2) is 0 Å². The van der Waals surface area contributed by atoms with Crippen LogP contribution in [0.1, 0.15) is 58.8 Å². The molecule has 96 valence electrons. The summed E-state index contributed by atoms with van der Waals surface area (Å²) < 4.78 is 0. The fourth-order valence-electron chi connectivity index (χ4n) is 6.52. The Hall–Kier alpha value is 0. The van der Waals surface area contributed by atoms with E-state index in [-0.39, 0.29) is 0 Å². The van der Waals surface area contributed by atoms with Crippen LogP contribution in [0.15, 0.2) is 0 Å². The molecule has 0 saturated heterocycles.